The third-order valence-corrected chi connectivity index (χ3v) is 16.3. The molecule has 7 aromatic rings. The van der Waals surface area contributed by atoms with E-state index in [1.165, 1.54) is 80.0 Å². The van der Waals surface area contributed by atoms with Gasteiger partial charge in [0.1, 0.15) is 0 Å². The predicted octanol–water partition coefficient (Wildman–Crippen LogP) is 18.0. The van der Waals surface area contributed by atoms with E-state index in [4.69, 9.17) is 0 Å². The molecule has 0 saturated heterocycles. The van der Waals surface area contributed by atoms with E-state index in [9.17, 15) is 0 Å². The van der Waals surface area contributed by atoms with Gasteiger partial charge in [-0.15, -0.1) is 39.1 Å². The van der Waals surface area contributed by atoms with Crippen LogP contribution in [0, 0.1) is 16.7 Å². The van der Waals surface area contributed by atoms with Crippen LogP contribution in [0.25, 0.3) is 21.2 Å². The zero-order valence-corrected chi connectivity index (χ0v) is 45.8. The summed E-state index contributed by atoms with van der Waals surface area (Å²) < 4.78 is 2.19. The third kappa shape index (κ3) is 8.60. The van der Waals surface area contributed by atoms with Crippen molar-refractivity contribution in [3.05, 3.63) is 163 Å². The van der Waals surface area contributed by atoms with Crippen molar-refractivity contribution in [2.24, 2.45) is 0 Å². The van der Waals surface area contributed by atoms with Crippen molar-refractivity contribution in [2.45, 2.75) is 116 Å². The number of fused-ring (bicyclic) bond motifs is 4. The highest BCUT2D eigenvalue weighted by atomic mass is 127. The Morgan fingerprint density at radius 2 is 1.03 bits per heavy atom. The fourth-order valence-electron chi connectivity index (χ4n) is 9.25. The van der Waals surface area contributed by atoms with E-state index in [0.29, 0.717) is 0 Å². The smallest absolute Gasteiger partial charge is 0.0906 e. The number of nitrogens with zero attached hydrogens (tertiary/aromatic N) is 2. The van der Waals surface area contributed by atoms with Gasteiger partial charge in [-0.2, -0.15) is 0 Å². The lowest BCUT2D eigenvalue weighted by Crippen LogP contribution is -2.19. The SMILES string of the molecule is Cc1cc(C(C)(C)C)ccc1N(c1ccc(C(C)(C)C)cc1)c1cc(C(P)(P)P)cc(N(c2ccc(C(C)(C)C)cc2)c2c(I)sc3cc4c(cc23)-c2ccccc2C4(C)C)c1C. The number of anilines is 6. The summed E-state index contributed by atoms with van der Waals surface area (Å²) in [5.41, 5.74) is 20.1. The molecule has 1 aromatic heterocycles. The zero-order valence-electron chi connectivity index (χ0n) is 39.4. The molecular weight excluding hydrogens is 953 g/mol. The summed E-state index contributed by atoms with van der Waals surface area (Å²) in [4.78, 5) is 5.07. The summed E-state index contributed by atoms with van der Waals surface area (Å²) in [6, 6.07) is 44.5. The van der Waals surface area contributed by atoms with E-state index in [1.807, 2.05) is 11.3 Å². The van der Waals surface area contributed by atoms with Gasteiger partial charge in [-0.1, -0.05) is 137 Å². The molecule has 8 rings (SSSR count). The van der Waals surface area contributed by atoms with Gasteiger partial charge in [0.25, 0.3) is 0 Å². The van der Waals surface area contributed by atoms with Gasteiger partial charge in [0, 0.05) is 37.2 Å². The average molecular weight is 1020 g/mol. The first-order chi connectivity index (χ1) is 29.3. The maximum Gasteiger partial charge on any atom is 0.0906 e. The number of halogens is 1. The molecule has 2 nitrogen and oxygen atoms in total. The molecule has 3 unspecified atom stereocenters. The van der Waals surface area contributed by atoms with Gasteiger partial charge in [-0.3, -0.25) is 0 Å². The molecule has 0 saturated carbocycles. The third-order valence-electron chi connectivity index (χ3n) is 13.2. The minimum atomic E-state index is -0.383. The Morgan fingerprint density at radius 3 is 1.56 bits per heavy atom. The molecule has 0 amide bonds. The van der Waals surface area contributed by atoms with E-state index < -0.39 is 0 Å². The molecule has 0 fully saturated rings. The number of aryl methyl sites for hydroxylation is 1. The van der Waals surface area contributed by atoms with E-state index in [-0.39, 0.29) is 26.3 Å². The van der Waals surface area contributed by atoms with Crippen molar-refractivity contribution in [1.82, 2.24) is 0 Å². The van der Waals surface area contributed by atoms with Crippen LogP contribution in [-0.2, 0) is 26.3 Å². The molecule has 0 radical (unpaired) electrons. The summed E-state index contributed by atoms with van der Waals surface area (Å²) in [6.45, 7) is 30.0. The van der Waals surface area contributed by atoms with Gasteiger partial charge >= 0.3 is 0 Å². The molecule has 0 spiro atoms. The van der Waals surface area contributed by atoms with Crippen LogP contribution in [0.1, 0.15) is 121 Å². The molecule has 63 heavy (non-hydrogen) atoms. The van der Waals surface area contributed by atoms with Crippen LogP contribution in [0.5, 0.6) is 0 Å². The van der Waals surface area contributed by atoms with Crippen LogP contribution in [-0.4, -0.2) is 0 Å². The topological polar surface area (TPSA) is 6.48 Å². The first-order valence-electron chi connectivity index (χ1n) is 22.1. The second kappa shape index (κ2) is 16.3. The Bertz CT molecular complexity index is 2880. The van der Waals surface area contributed by atoms with Crippen LogP contribution in [0.4, 0.5) is 34.1 Å². The quantitative estimate of drug-likeness (QED) is 0.116. The Balaban J connectivity index is 1.45. The van der Waals surface area contributed by atoms with E-state index in [2.05, 4.69) is 265 Å². The van der Waals surface area contributed by atoms with Crippen LogP contribution in [0.2, 0.25) is 0 Å². The first kappa shape index (κ1) is 46.4. The van der Waals surface area contributed by atoms with Crippen molar-refractivity contribution in [1.29, 1.82) is 0 Å². The number of benzene rings is 6. The maximum atomic E-state index is 3.09. The molecule has 326 valence electrons. The molecule has 3 atom stereocenters. The number of thiophene rings is 1. The van der Waals surface area contributed by atoms with Crippen LogP contribution >= 0.6 is 61.6 Å². The molecule has 1 aliphatic carbocycles. The second-order valence-corrected chi connectivity index (χ2v) is 29.1. The Labute approximate surface area is 402 Å². The molecular formula is C56H64IN2P3S. The van der Waals surface area contributed by atoms with Crippen molar-refractivity contribution in [3.8, 4) is 11.1 Å². The molecule has 0 N–H and O–H groups in total. The predicted molar refractivity (Wildman–Crippen MR) is 298 cm³/mol. The second-order valence-electron chi connectivity index (χ2n) is 21.4. The van der Waals surface area contributed by atoms with Gasteiger partial charge in [0.15, 0.2) is 0 Å². The van der Waals surface area contributed by atoms with Gasteiger partial charge in [0.05, 0.1) is 19.9 Å². The van der Waals surface area contributed by atoms with Gasteiger partial charge in [-0.25, -0.2) is 0 Å². The first-order valence-corrected chi connectivity index (χ1v) is 25.7. The highest BCUT2D eigenvalue weighted by Crippen LogP contribution is 2.56. The molecule has 0 aliphatic heterocycles. The van der Waals surface area contributed by atoms with Gasteiger partial charge in [0.2, 0.25) is 0 Å². The van der Waals surface area contributed by atoms with Crippen molar-refractivity contribution < 1.29 is 0 Å². The van der Waals surface area contributed by atoms with Gasteiger partial charge in [-0.05, 0) is 163 Å². The Hall–Kier alpha value is -3.10. The lowest BCUT2D eigenvalue weighted by Gasteiger charge is -2.35. The molecule has 1 aliphatic rings. The van der Waals surface area contributed by atoms with E-state index in [0.717, 1.165) is 22.7 Å². The Kier molecular flexibility index (Phi) is 12.0. The summed E-state index contributed by atoms with van der Waals surface area (Å²) >= 11 is 4.52. The standard InChI is InChI=1S/C56H64IN2P3S/c1-33-28-37(54(9,10)11)22-27-46(33)58(39-23-18-35(19-24-39)52(3,4)5)47-29-38(56(60,61)62)30-48(34(47)2)59(40-25-20-36(21-26-40)53(6,7)8)50-43-31-42-41-16-14-15-17-44(41)55(12,13)45(42)32-49(43)63-51(50)57/h14-32H,60-62H2,1-13H3. The summed E-state index contributed by atoms with van der Waals surface area (Å²) in [5, 5.41) is 1.28. The molecule has 0 bridgehead atoms. The maximum absolute atomic E-state index is 3.09. The largest absolute Gasteiger partial charge is 0.310 e. The number of hydrogen-bond donors (Lipinski definition) is 0. The lowest BCUT2D eigenvalue weighted by molar-refractivity contribution is 0.589. The minimum Gasteiger partial charge on any atom is -0.310 e. The fraction of sp³-hybridized carbons (Fsp3) is 0.321. The summed E-state index contributed by atoms with van der Waals surface area (Å²) in [6.07, 6.45) is 0. The average Bonchev–Trinajstić information content (AvgIpc) is 3.63. The Morgan fingerprint density at radius 1 is 0.524 bits per heavy atom. The highest BCUT2D eigenvalue weighted by Gasteiger charge is 2.37. The van der Waals surface area contributed by atoms with Crippen molar-refractivity contribution in [3.63, 3.8) is 0 Å². The minimum absolute atomic E-state index is 0.0257. The fourth-order valence-corrected chi connectivity index (χ4v) is 11.9. The van der Waals surface area contributed by atoms with Crippen LogP contribution < -0.4 is 9.80 Å². The number of rotatable bonds is 7. The van der Waals surface area contributed by atoms with Crippen LogP contribution in [0.15, 0.2) is 115 Å². The normalized spacial score (nSPS) is 13.9. The van der Waals surface area contributed by atoms with E-state index >= 15 is 0 Å². The molecule has 1 heterocycles. The summed E-state index contributed by atoms with van der Waals surface area (Å²) in [7, 11) is 9.27. The lowest BCUT2D eigenvalue weighted by atomic mass is 9.82. The van der Waals surface area contributed by atoms with Crippen molar-refractivity contribution >= 4 is 106 Å². The monoisotopic (exact) mass is 1020 g/mol. The highest BCUT2D eigenvalue weighted by molar-refractivity contribution is 14.1. The zero-order chi connectivity index (χ0) is 45.8. The molecule has 7 heteroatoms. The van der Waals surface area contributed by atoms with Crippen molar-refractivity contribution in [2.75, 3.05) is 9.80 Å². The molecule has 6 aromatic carbocycles. The van der Waals surface area contributed by atoms with E-state index in [1.54, 1.807) is 0 Å². The van der Waals surface area contributed by atoms with Gasteiger partial charge < -0.3 is 9.80 Å². The number of hydrogen-bond acceptors (Lipinski definition) is 3. The van der Waals surface area contributed by atoms with Crippen LogP contribution in [0.3, 0.4) is 0 Å². The summed E-state index contributed by atoms with van der Waals surface area (Å²) in [5.74, 6) is 0.